The summed E-state index contributed by atoms with van der Waals surface area (Å²) in [6.45, 7) is 15.1. The van der Waals surface area contributed by atoms with E-state index < -0.39 is 0 Å². The van der Waals surface area contributed by atoms with Crippen LogP contribution >= 0.6 is 0 Å². The molecule has 1 atom stereocenters. The summed E-state index contributed by atoms with van der Waals surface area (Å²) in [5.74, 6) is -0.655. The van der Waals surface area contributed by atoms with Crippen molar-refractivity contribution in [2.75, 3.05) is 6.61 Å². The van der Waals surface area contributed by atoms with Gasteiger partial charge in [0, 0.05) is 0 Å². The van der Waals surface area contributed by atoms with Gasteiger partial charge in [-0.2, -0.15) is 0 Å². The third kappa shape index (κ3) is 13.9. The van der Waals surface area contributed by atoms with E-state index in [0.29, 0.717) is 6.61 Å². The molecule has 0 fully saturated rings. The molecule has 0 amide bonds. The molecule has 0 aliphatic carbocycles. The van der Waals surface area contributed by atoms with Crippen LogP contribution in [-0.4, -0.2) is 24.6 Å². The zero-order valence-corrected chi connectivity index (χ0v) is 15.5. The Kier molecular flexibility index (Phi) is 8.72. The number of hydrogen-bond donors (Lipinski definition) is 0. The van der Waals surface area contributed by atoms with Gasteiger partial charge in [0.15, 0.2) is 0 Å². The van der Waals surface area contributed by atoms with Crippen LogP contribution in [0.3, 0.4) is 0 Å². The van der Waals surface area contributed by atoms with Crippen molar-refractivity contribution >= 4 is 11.9 Å². The number of carbonyl (C=O) groups excluding carboxylic acids is 2. The first-order valence-electron chi connectivity index (χ1n) is 8.24. The van der Waals surface area contributed by atoms with Gasteiger partial charge in [-0.05, 0) is 37.0 Å². The van der Waals surface area contributed by atoms with Crippen molar-refractivity contribution in [1.82, 2.24) is 0 Å². The Hall–Kier alpha value is -1.06. The summed E-state index contributed by atoms with van der Waals surface area (Å²) in [5.41, 5.74) is 0.366. The maximum Gasteiger partial charge on any atom is 0.306 e. The minimum atomic E-state index is -0.330. The molecule has 1 unspecified atom stereocenters. The molecule has 0 saturated carbocycles. The van der Waals surface area contributed by atoms with Crippen molar-refractivity contribution in [2.24, 2.45) is 10.8 Å². The molecule has 0 aromatic carbocycles. The Balaban J connectivity index is 3.79. The predicted molar refractivity (Wildman–Crippen MR) is 88.5 cm³/mol. The summed E-state index contributed by atoms with van der Waals surface area (Å²) in [6.07, 6.45) is 2.71. The number of esters is 2. The van der Waals surface area contributed by atoms with Crippen molar-refractivity contribution in [3.63, 3.8) is 0 Å². The molecule has 4 heteroatoms. The van der Waals surface area contributed by atoms with Gasteiger partial charge in [-0.1, -0.05) is 41.5 Å². The molecule has 130 valence electrons. The Morgan fingerprint density at radius 3 is 1.95 bits per heavy atom. The van der Waals surface area contributed by atoms with Crippen LogP contribution in [-0.2, 0) is 19.1 Å². The SMILES string of the molecule is CC(CC(C)(C)C)OC(=O)CCC(=O)OCCCC(C)(C)C. The van der Waals surface area contributed by atoms with Gasteiger partial charge in [-0.25, -0.2) is 0 Å². The molecular weight excluding hydrogens is 280 g/mol. The molecule has 0 aliphatic heterocycles. The minimum absolute atomic E-state index is 0.0899. The maximum atomic E-state index is 11.7. The monoisotopic (exact) mass is 314 g/mol. The first-order valence-corrected chi connectivity index (χ1v) is 8.24. The van der Waals surface area contributed by atoms with Crippen molar-refractivity contribution in [3.8, 4) is 0 Å². The standard InChI is InChI=1S/C18H34O4/c1-14(13-18(5,6)7)22-16(20)10-9-15(19)21-12-8-11-17(2,3)4/h14H,8-13H2,1-7H3. The van der Waals surface area contributed by atoms with E-state index in [1.165, 1.54) is 0 Å². The molecule has 0 saturated heterocycles. The molecule has 0 aliphatic rings. The highest BCUT2D eigenvalue weighted by Crippen LogP contribution is 2.22. The number of ether oxygens (including phenoxy) is 2. The lowest BCUT2D eigenvalue weighted by Crippen LogP contribution is -2.21. The van der Waals surface area contributed by atoms with Crippen LogP contribution in [0.15, 0.2) is 0 Å². The Bertz CT molecular complexity index is 347. The quantitative estimate of drug-likeness (QED) is 0.489. The number of rotatable bonds is 8. The van der Waals surface area contributed by atoms with Gasteiger partial charge in [0.25, 0.3) is 0 Å². The molecule has 0 spiro atoms. The fourth-order valence-corrected chi connectivity index (χ4v) is 2.25. The molecule has 0 aromatic rings. The van der Waals surface area contributed by atoms with E-state index in [2.05, 4.69) is 41.5 Å². The van der Waals surface area contributed by atoms with Gasteiger partial charge in [-0.3, -0.25) is 9.59 Å². The molecule has 22 heavy (non-hydrogen) atoms. The molecule has 0 rings (SSSR count). The van der Waals surface area contributed by atoms with Crippen LogP contribution in [0.1, 0.15) is 80.6 Å². The smallest absolute Gasteiger partial charge is 0.306 e. The zero-order valence-electron chi connectivity index (χ0n) is 15.5. The van der Waals surface area contributed by atoms with Crippen LogP contribution < -0.4 is 0 Å². The average Bonchev–Trinajstić information content (AvgIpc) is 2.28. The van der Waals surface area contributed by atoms with Crippen molar-refractivity contribution in [3.05, 3.63) is 0 Å². The highest BCUT2D eigenvalue weighted by Gasteiger charge is 2.19. The molecule has 0 heterocycles. The second-order valence-electron chi connectivity index (χ2n) is 8.45. The topological polar surface area (TPSA) is 52.6 Å². The lowest BCUT2D eigenvalue weighted by Gasteiger charge is -2.23. The second kappa shape index (κ2) is 9.16. The fraction of sp³-hybridized carbons (Fsp3) is 0.889. The molecule has 0 radical (unpaired) electrons. The predicted octanol–water partition coefficient (Wildman–Crippen LogP) is 4.50. The fourth-order valence-electron chi connectivity index (χ4n) is 2.25. The van der Waals surface area contributed by atoms with Crippen LogP contribution in [0.5, 0.6) is 0 Å². The van der Waals surface area contributed by atoms with E-state index in [9.17, 15) is 9.59 Å². The minimum Gasteiger partial charge on any atom is -0.466 e. The summed E-state index contributed by atoms with van der Waals surface area (Å²) in [5, 5.41) is 0. The highest BCUT2D eigenvalue weighted by atomic mass is 16.5. The van der Waals surface area contributed by atoms with Crippen molar-refractivity contribution in [2.45, 2.75) is 86.7 Å². The van der Waals surface area contributed by atoms with Gasteiger partial charge in [0.05, 0.1) is 25.6 Å². The first-order chi connectivity index (χ1) is 9.89. The van der Waals surface area contributed by atoms with E-state index in [1.807, 2.05) is 6.92 Å². The molecular formula is C18H34O4. The van der Waals surface area contributed by atoms with Crippen LogP contribution in [0.4, 0.5) is 0 Å². The third-order valence-electron chi connectivity index (χ3n) is 3.10. The van der Waals surface area contributed by atoms with Crippen LogP contribution in [0.25, 0.3) is 0 Å². The van der Waals surface area contributed by atoms with Crippen molar-refractivity contribution < 1.29 is 19.1 Å². The Labute approximate surface area is 135 Å². The Morgan fingerprint density at radius 2 is 1.45 bits per heavy atom. The first kappa shape index (κ1) is 20.9. The number of carbonyl (C=O) groups is 2. The lowest BCUT2D eigenvalue weighted by atomic mass is 9.90. The molecule has 0 N–H and O–H groups in total. The summed E-state index contributed by atoms with van der Waals surface area (Å²) in [4.78, 5) is 23.2. The average molecular weight is 314 g/mol. The van der Waals surface area contributed by atoms with E-state index in [-0.39, 0.29) is 41.7 Å². The largest absolute Gasteiger partial charge is 0.466 e. The van der Waals surface area contributed by atoms with E-state index >= 15 is 0 Å². The highest BCUT2D eigenvalue weighted by molar-refractivity contribution is 5.77. The third-order valence-corrected chi connectivity index (χ3v) is 3.10. The van der Waals surface area contributed by atoms with Crippen LogP contribution in [0.2, 0.25) is 0 Å². The van der Waals surface area contributed by atoms with Gasteiger partial charge in [-0.15, -0.1) is 0 Å². The molecule has 0 aromatic heterocycles. The zero-order chi connectivity index (χ0) is 17.4. The van der Waals surface area contributed by atoms with E-state index in [4.69, 9.17) is 9.47 Å². The summed E-state index contributed by atoms with van der Waals surface area (Å²) >= 11 is 0. The van der Waals surface area contributed by atoms with Gasteiger partial charge >= 0.3 is 11.9 Å². The summed E-state index contributed by atoms with van der Waals surface area (Å²) in [6, 6.07) is 0. The molecule has 0 bridgehead atoms. The van der Waals surface area contributed by atoms with Gasteiger partial charge < -0.3 is 9.47 Å². The van der Waals surface area contributed by atoms with E-state index in [1.54, 1.807) is 0 Å². The normalized spacial score (nSPS) is 13.6. The second-order valence-corrected chi connectivity index (χ2v) is 8.45. The number of hydrogen-bond acceptors (Lipinski definition) is 4. The molecule has 4 nitrogen and oxygen atoms in total. The van der Waals surface area contributed by atoms with Crippen LogP contribution in [0, 0.1) is 10.8 Å². The van der Waals surface area contributed by atoms with E-state index in [0.717, 1.165) is 19.3 Å². The van der Waals surface area contributed by atoms with Gasteiger partial charge in [0.2, 0.25) is 0 Å². The summed E-state index contributed by atoms with van der Waals surface area (Å²) in [7, 11) is 0. The van der Waals surface area contributed by atoms with Gasteiger partial charge in [0.1, 0.15) is 0 Å². The maximum absolute atomic E-state index is 11.7. The lowest BCUT2D eigenvalue weighted by molar-refractivity contribution is -0.154. The Morgan fingerprint density at radius 1 is 0.909 bits per heavy atom. The van der Waals surface area contributed by atoms with Crippen molar-refractivity contribution in [1.29, 1.82) is 0 Å². The summed E-state index contributed by atoms with van der Waals surface area (Å²) < 4.78 is 10.4.